The number of carbonyl (C=O) groups is 3. The van der Waals surface area contributed by atoms with Crippen LogP contribution in [0.5, 0.6) is 0 Å². The predicted molar refractivity (Wildman–Crippen MR) is 120 cm³/mol. The smallest absolute Gasteiger partial charge is 0.396 e. The monoisotopic (exact) mass is 513 g/mol. The quantitative estimate of drug-likeness (QED) is 0.226. The lowest BCUT2D eigenvalue weighted by Gasteiger charge is -2.15. The summed E-state index contributed by atoms with van der Waals surface area (Å²) in [4.78, 5) is 88.9. The molecule has 3 N–H and O–H groups in total. The van der Waals surface area contributed by atoms with Gasteiger partial charge in [-0.15, -0.1) is 0 Å². The summed E-state index contributed by atoms with van der Waals surface area (Å²) in [5, 5.41) is 27.7. The van der Waals surface area contributed by atoms with Crippen LogP contribution in [0.2, 0.25) is 0 Å². The number of hydrogen-bond donors (Lipinski definition) is 3. The maximum atomic E-state index is 12.9. The molecule has 15 heteroatoms. The van der Waals surface area contributed by atoms with Crippen molar-refractivity contribution in [1.82, 2.24) is 14.2 Å². The molecule has 0 saturated heterocycles. The first kappa shape index (κ1) is 30.0. The second-order valence-corrected chi connectivity index (χ2v) is 7.28. The Morgan fingerprint density at radius 2 is 1.03 bits per heavy atom. The third-order valence-corrected chi connectivity index (χ3v) is 4.35. The van der Waals surface area contributed by atoms with Gasteiger partial charge in [-0.25, -0.2) is 28.8 Å². The molecule has 0 aromatic carbocycles. The van der Waals surface area contributed by atoms with E-state index in [-0.39, 0.29) is 68.8 Å². The van der Waals surface area contributed by atoms with E-state index in [1.807, 2.05) is 0 Å². The maximum Gasteiger partial charge on any atom is 0.405 e. The molecule has 0 aliphatic rings. The van der Waals surface area contributed by atoms with Crippen LogP contribution >= 0.6 is 0 Å². The minimum atomic E-state index is -1.75. The molecule has 0 amide bonds. The standard InChI is InChI=1S/C21H27N3O12/c1-12(2)16(28)34-22-19(31)23(35-17(29)13(3)4)21(33)24(20(22)32)36-18(30)15(6-5-9-25)14(7-10-26)8-11-27/h25-27H,1,3,5-11H2,2,4H3. The summed E-state index contributed by atoms with van der Waals surface area (Å²) in [6.07, 6.45) is -0.262. The molecule has 1 heterocycles. The molecule has 0 unspecified atom stereocenters. The van der Waals surface area contributed by atoms with E-state index in [9.17, 15) is 39.0 Å². The molecule has 1 aromatic heterocycles. The first-order chi connectivity index (χ1) is 16.9. The SMILES string of the molecule is C=C(C)C(=O)On1c(=O)n(OC(=O)C(=C)C)c(=O)n(OC(=O)C(CCCO)=C(CCO)CCO)c1=O. The van der Waals surface area contributed by atoms with Gasteiger partial charge in [-0.2, -0.15) is 0 Å². The Labute approximate surface area is 203 Å². The van der Waals surface area contributed by atoms with E-state index < -0.39 is 48.2 Å². The molecule has 0 bridgehead atoms. The summed E-state index contributed by atoms with van der Waals surface area (Å²) < 4.78 is -0.886. The number of rotatable bonds is 13. The molecule has 0 fully saturated rings. The zero-order valence-electron chi connectivity index (χ0n) is 19.7. The molecule has 0 aliphatic carbocycles. The van der Waals surface area contributed by atoms with E-state index in [0.717, 1.165) is 0 Å². The van der Waals surface area contributed by atoms with Gasteiger partial charge in [0.2, 0.25) is 0 Å². The molecule has 1 rings (SSSR count). The van der Waals surface area contributed by atoms with Crippen molar-refractivity contribution in [3.8, 4) is 0 Å². The van der Waals surface area contributed by atoms with E-state index in [0.29, 0.717) is 0 Å². The predicted octanol–water partition coefficient (Wildman–Crippen LogP) is -2.98. The van der Waals surface area contributed by atoms with Gasteiger partial charge in [0.05, 0.1) is 0 Å². The Hall–Kier alpha value is -4.08. The lowest BCUT2D eigenvalue weighted by molar-refractivity contribution is -0.148. The summed E-state index contributed by atoms with van der Waals surface area (Å²) >= 11 is 0. The van der Waals surface area contributed by atoms with Gasteiger partial charge < -0.3 is 29.8 Å². The van der Waals surface area contributed by atoms with Gasteiger partial charge in [0.25, 0.3) is 0 Å². The van der Waals surface area contributed by atoms with Gasteiger partial charge in [0.1, 0.15) is 0 Å². The third-order valence-electron chi connectivity index (χ3n) is 4.35. The van der Waals surface area contributed by atoms with Crippen molar-refractivity contribution in [2.45, 2.75) is 39.5 Å². The highest BCUT2D eigenvalue weighted by Gasteiger charge is 2.26. The molecule has 36 heavy (non-hydrogen) atoms. The highest BCUT2D eigenvalue weighted by Crippen LogP contribution is 2.18. The van der Waals surface area contributed by atoms with E-state index in [4.69, 9.17) is 9.94 Å². The minimum absolute atomic E-state index is 0.0376. The van der Waals surface area contributed by atoms with Crippen LogP contribution in [0.1, 0.15) is 39.5 Å². The van der Waals surface area contributed by atoms with E-state index in [1.54, 1.807) is 0 Å². The first-order valence-electron chi connectivity index (χ1n) is 10.4. The van der Waals surface area contributed by atoms with Crippen LogP contribution < -0.4 is 31.6 Å². The van der Waals surface area contributed by atoms with Crippen molar-refractivity contribution in [2.24, 2.45) is 0 Å². The summed E-state index contributed by atoms with van der Waals surface area (Å²) in [6.45, 7) is 7.74. The summed E-state index contributed by atoms with van der Waals surface area (Å²) in [6, 6.07) is 0. The molecule has 0 atom stereocenters. The van der Waals surface area contributed by atoms with Gasteiger partial charge in [-0.05, 0) is 39.5 Å². The zero-order chi connectivity index (χ0) is 27.6. The lowest BCUT2D eigenvalue weighted by atomic mass is 9.98. The van der Waals surface area contributed by atoms with Crippen molar-refractivity contribution >= 4 is 17.9 Å². The number of carbonyl (C=O) groups excluding carboxylic acids is 3. The Kier molecular flexibility index (Phi) is 11.4. The van der Waals surface area contributed by atoms with Gasteiger partial charge in [0, 0.05) is 36.5 Å². The van der Waals surface area contributed by atoms with Crippen LogP contribution in [0.4, 0.5) is 0 Å². The van der Waals surface area contributed by atoms with Crippen LogP contribution in [0.15, 0.2) is 49.8 Å². The van der Waals surface area contributed by atoms with Crippen LogP contribution in [0, 0.1) is 0 Å². The highest BCUT2D eigenvalue weighted by molar-refractivity contribution is 5.89. The Morgan fingerprint density at radius 1 is 0.667 bits per heavy atom. The van der Waals surface area contributed by atoms with Crippen molar-refractivity contribution in [3.05, 3.63) is 66.9 Å². The molecule has 0 radical (unpaired) electrons. The normalized spacial score (nSPS) is 10.4. The first-order valence-corrected chi connectivity index (χ1v) is 10.4. The lowest BCUT2D eigenvalue weighted by Crippen LogP contribution is -2.61. The molecule has 0 spiro atoms. The number of nitrogens with zero attached hydrogens (tertiary/aromatic N) is 3. The zero-order valence-corrected chi connectivity index (χ0v) is 19.7. The summed E-state index contributed by atoms with van der Waals surface area (Å²) in [7, 11) is 0. The Bertz CT molecular complexity index is 1170. The average Bonchev–Trinajstić information content (AvgIpc) is 2.82. The van der Waals surface area contributed by atoms with Crippen LogP contribution in [0.3, 0.4) is 0 Å². The van der Waals surface area contributed by atoms with Crippen molar-refractivity contribution < 1.29 is 44.2 Å². The topological polar surface area (TPSA) is 206 Å². The number of aliphatic hydroxyl groups is 3. The summed E-state index contributed by atoms with van der Waals surface area (Å²) in [5.41, 5.74) is -5.70. The summed E-state index contributed by atoms with van der Waals surface area (Å²) in [5.74, 6) is -3.88. The van der Waals surface area contributed by atoms with Crippen molar-refractivity contribution in [1.29, 1.82) is 0 Å². The van der Waals surface area contributed by atoms with Crippen LogP contribution in [-0.2, 0) is 14.4 Å². The number of aromatic nitrogens is 3. The van der Waals surface area contributed by atoms with Crippen molar-refractivity contribution in [3.63, 3.8) is 0 Å². The Balaban J connectivity index is 3.79. The molecular weight excluding hydrogens is 486 g/mol. The van der Waals surface area contributed by atoms with Crippen LogP contribution in [0.25, 0.3) is 0 Å². The van der Waals surface area contributed by atoms with Gasteiger partial charge in [0.15, 0.2) is 0 Å². The van der Waals surface area contributed by atoms with Gasteiger partial charge in [-0.1, -0.05) is 32.9 Å². The number of hydrogen-bond acceptors (Lipinski definition) is 12. The maximum absolute atomic E-state index is 12.9. The molecule has 0 aliphatic heterocycles. The number of aliphatic hydroxyl groups excluding tert-OH is 3. The second kappa shape index (κ2) is 13.7. The van der Waals surface area contributed by atoms with E-state index >= 15 is 0 Å². The Morgan fingerprint density at radius 3 is 1.33 bits per heavy atom. The second-order valence-electron chi connectivity index (χ2n) is 7.28. The van der Waals surface area contributed by atoms with E-state index in [1.165, 1.54) is 13.8 Å². The van der Waals surface area contributed by atoms with Gasteiger partial charge in [-0.3, -0.25) is 0 Å². The average molecular weight is 513 g/mol. The molecule has 0 saturated carbocycles. The fraction of sp³-hybridized carbons (Fsp3) is 0.429. The fourth-order valence-electron chi connectivity index (χ4n) is 2.56. The van der Waals surface area contributed by atoms with Crippen molar-refractivity contribution in [2.75, 3.05) is 19.8 Å². The molecule has 15 nitrogen and oxygen atoms in total. The van der Waals surface area contributed by atoms with Crippen LogP contribution in [-0.4, -0.2) is 67.2 Å². The molecule has 198 valence electrons. The fourth-order valence-corrected chi connectivity index (χ4v) is 2.56. The highest BCUT2D eigenvalue weighted by atomic mass is 16.8. The van der Waals surface area contributed by atoms with Gasteiger partial charge >= 0.3 is 35.0 Å². The largest absolute Gasteiger partial charge is 0.405 e. The molecule has 1 aromatic rings. The minimum Gasteiger partial charge on any atom is -0.396 e. The van der Waals surface area contributed by atoms with E-state index in [2.05, 4.69) is 22.8 Å². The molecular formula is C21H27N3O12. The third kappa shape index (κ3) is 7.46.